The minimum absolute atomic E-state index is 0.158. The van der Waals surface area contributed by atoms with Gasteiger partial charge in [0.15, 0.2) is 6.61 Å². The van der Waals surface area contributed by atoms with Crippen molar-refractivity contribution in [2.24, 2.45) is 0 Å². The maximum atomic E-state index is 12.1. The number of aryl methyl sites for hydroxylation is 1. The van der Waals surface area contributed by atoms with E-state index in [0.29, 0.717) is 18.0 Å². The largest absolute Gasteiger partial charge is 0.484 e. The number of unbranched alkanes of at least 4 members (excludes halogenated alkanes) is 1. The van der Waals surface area contributed by atoms with Gasteiger partial charge in [0.05, 0.1) is 4.90 Å². The van der Waals surface area contributed by atoms with Crippen molar-refractivity contribution in [3.05, 3.63) is 54.1 Å². The molecular formula is C19H24N2O4S. The Hall–Kier alpha value is -2.38. The number of hydrogen-bond donors (Lipinski definition) is 2. The molecular weight excluding hydrogens is 352 g/mol. The summed E-state index contributed by atoms with van der Waals surface area (Å²) in [4.78, 5) is 12.1. The van der Waals surface area contributed by atoms with Gasteiger partial charge in [0.2, 0.25) is 10.0 Å². The Morgan fingerprint density at radius 2 is 1.85 bits per heavy atom. The molecule has 0 bridgehead atoms. The van der Waals surface area contributed by atoms with Crippen molar-refractivity contribution < 1.29 is 17.9 Å². The second-order valence-corrected chi connectivity index (χ2v) is 7.70. The van der Waals surface area contributed by atoms with Gasteiger partial charge in [-0.05, 0) is 55.3 Å². The molecule has 7 heteroatoms. The zero-order chi connectivity index (χ0) is 19.0. The van der Waals surface area contributed by atoms with Crippen LogP contribution in [0.5, 0.6) is 5.75 Å². The topological polar surface area (TPSA) is 84.5 Å². The van der Waals surface area contributed by atoms with E-state index >= 15 is 0 Å². The fourth-order valence-electron chi connectivity index (χ4n) is 2.25. The van der Waals surface area contributed by atoms with E-state index in [0.717, 1.165) is 18.4 Å². The highest BCUT2D eigenvalue weighted by Crippen LogP contribution is 2.16. The molecule has 2 aromatic carbocycles. The third-order valence-electron chi connectivity index (χ3n) is 3.63. The Labute approximate surface area is 154 Å². The number of amides is 1. The maximum Gasteiger partial charge on any atom is 0.262 e. The predicted molar refractivity (Wildman–Crippen MR) is 102 cm³/mol. The van der Waals surface area contributed by atoms with E-state index in [2.05, 4.69) is 10.0 Å². The molecule has 0 unspecified atom stereocenters. The van der Waals surface area contributed by atoms with Crippen molar-refractivity contribution in [1.29, 1.82) is 0 Å². The Kier molecular flexibility index (Phi) is 7.17. The number of carbonyl (C=O) groups is 1. The van der Waals surface area contributed by atoms with Crippen LogP contribution in [-0.4, -0.2) is 27.5 Å². The summed E-state index contributed by atoms with van der Waals surface area (Å²) >= 11 is 0. The van der Waals surface area contributed by atoms with Crippen molar-refractivity contribution in [2.45, 2.75) is 31.6 Å². The highest BCUT2D eigenvalue weighted by atomic mass is 32.2. The lowest BCUT2D eigenvalue weighted by Gasteiger charge is -2.09. The summed E-state index contributed by atoms with van der Waals surface area (Å²) < 4.78 is 32.2. The van der Waals surface area contributed by atoms with Gasteiger partial charge in [0.1, 0.15) is 5.75 Å². The number of rotatable bonds is 9. The van der Waals surface area contributed by atoms with Gasteiger partial charge in [-0.1, -0.05) is 25.5 Å². The first-order valence-electron chi connectivity index (χ1n) is 8.50. The molecule has 0 spiro atoms. The molecule has 26 heavy (non-hydrogen) atoms. The minimum Gasteiger partial charge on any atom is -0.484 e. The quantitative estimate of drug-likeness (QED) is 0.659. The molecule has 2 N–H and O–H groups in total. The summed E-state index contributed by atoms with van der Waals surface area (Å²) in [5, 5.41) is 2.75. The third kappa shape index (κ3) is 6.16. The molecule has 0 saturated heterocycles. The number of carbonyl (C=O) groups excluding carboxylic acids is 1. The summed E-state index contributed by atoms with van der Waals surface area (Å²) in [7, 11) is -3.51. The molecule has 0 saturated carbocycles. The molecule has 1 amide bonds. The van der Waals surface area contributed by atoms with E-state index < -0.39 is 10.0 Å². The van der Waals surface area contributed by atoms with E-state index in [-0.39, 0.29) is 17.4 Å². The number of sulfonamides is 1. The van der Waals surface area contributed by atoms with E-state index in [1.54, 1.807) is 6.07 Å². The number of nitrogens with one attached hydrogen (secondary N) is 2. The van der Waals surface area contributed by atoms with Crippen molar-refractivity contribution >= 4 is 21.6 Å². The molecule has 0 atom stereocenters. The number of anilines is 1. The lowest BCUT2D eigenvalue weighted by Crippen LogP contribution is -2.24. The highest BCUT2D eigenvalue weighted by molar-refractivity contribution is 7.89. The number of ether oxygens (including phenoxy) is 1. The molecule has 0 heterocycles. The molecule has 0 aliphatic heterocycles. The molecule has 0 fully saturated rings. The lowest BCUT2D eigenvalue weighted by atomic mass is 10.2. The second-order valence-electron chi connectivity index (χ2n) is 5.93. The predicted octanol–water partition coefficient (Wildman–Crippen LogP) is 3.09. The van der Waals surface area contributed by atoms with Gasteiger partial charge < -0.3 is 10.1 Å². The summed E-state index contributed by atoms with van der Waals surface area (Å²) in [5.41, 5.74) is 1.76. The fourth-order valence-corrected chi connectivity index (χ4v) is 3.32. The van der Waals surface area contributed by atoms with Crippen molar-refractivity contribution in [1.82, 2.24) is 4.72 Å². The zero-order valence-electron chi connectivity index (χ0n) is 15.0. The minimum atomic E-state index is -3.51. The van der Waals surface area contributed by atoms with Crippen LogP contribution < -0.4 is 14.8 Å². The van der Waals surface area contributed by atoms with E-state index in [4.69, 9.17) is 4.74 Å². The van der Waals surface area contributed by atoms with Gasteiger partial charge in [-0.25, -0.2) is 13.1 Å². The first-order chi connectivity index (χ1) is 12.4. The van der Waals surface area contributed by atoms with Gasteiger partial charge in [0.25, 0.3) is 5.91 Å². The SMILES string of the molecule is CCCCNS(=O)(=O)c1ccc(OCC(=O)Nc2cccc(C)c2)cc1. The molecule has 0 radical (unpaired) electrons. The lowest BCUT2D eigenvalue weighted by molar-refractivity contribution is -0.118. The average Bonchev–Trinajstić information content (AvgIpc) is 2.60. The monoisotopic (exact) mass is 376 g/mol. The zero-order valence-corrected chi connectivity index (χ0v) is 15.8. The van der Waals surface area contributed by atoms with Gasteiger partial charge in [0, 0.05) is 12.2 Å². The van der Waals surface area contributed by atoms with Crippen LogP contribution in [0.25, 0.3) is 0 Å². The van der Waals surface area contributed by atoms with Crippen LogP contribution in [0.2, 0.25) is 0 Å². The van der Waals surface area contributed by atoms with Crippen molar-refractivity contribution in [3.63, 3.8) is 0 Å². The smallest absolute Gasteiger partial charge is 0.262 e. The van der Waals surface area contributed by atoms with Gasteiger partial charge in [-0.15, -0.1) is 0 Å². The summed E-state index contributed by atoms with van der Waals surface area (Å²) in [6, 6.07) is 13.5. The van der Waals surface area contributed by atoms with Crippen LogP contribution in [0.3, 0.4) is 0 Å². The Morgan fingerprint density at radius 1 is 1.12 bits per heavy atom. The van der Waals surface area contributed by atoms with Crippen LogP contribution >= 0.6 is 0 Å². The Balaban J connectivity index is 1.88. The van der Waals surface area contributed by atoms with Crippen LogP contribution in [0.4, 0.5) is 5.69 Å². The van der Waals surface area contributed by atoms with Crippen LogP contribution in [0.15, 0.2) is 53.4 Å². The summed E-state index contributed by atoms with van der Waals surface area (Å²) in [6.45, 7) is 4.19. The standard InChI is InChI=1S/C19H24N2O4S/c1-3-4-12-20-26(23,24)18-10-8-17(9-11-18)25-14-19(22)21-16-7-5-6-15(2)13-16/h5-11,13,20H,3-4,12,14H2,1-2H3,(H,21,22). The number of benzene rings is 2. The molecule has 140 valence electrons. The van der Waals surface area contributed by atoms with Gasteiger partial charge in [-0.3, -0.25) is 4.79 Å². The average molecular weight is 376 g/mol. The molecule has 2 rings (SSSR count). The summed E-state index contributed by atoms with van der Waals surface area (Å²) in [5.74, 6) is 0.144. The van der Waals surface area contributed by atoms with Crippen molar-refractivity contribution in [3.8, 4) is 5.75 Å². The Bertz CT molecular complexity index is 833. The van der Waals surface area contributed by atoms with Crippen LogP contribution in [0.1, 0.15) is 25.3 Å². The summed E-state index contributed by atoms with van der Waals surface area (Å²) in [6.07, 6.45) is 1.70. The van der Waals surface area contributed by atoms with E-state index in [1.807, 2.05) is 32.0 Å². The van der Waals surface area contributed by atoms with E-state index in [1.165, 1.54) is 24.3 Å². The third-order valence-corrected chi connectivity index (χ3v) is 5.11. The molecule has 0 aliphatic rings. The Morgan fingerprint density at radius 3 is 2.50 bits per heavy atom. The first kappa shape index (κ1) is 19.9. The van der Waals surface area contributed by atoms with Gasteiger partial charge in [-0.2, -0.15) is 0 Å². The first-order valence-corrected chi connectivity index (χ1v) is 9.98. The van der Waals surface area contributed by atoms with Gasteiger partial charge >= 0.3 is 0 Å². The van der Waals surface area contributed by atoms with Crippen LogP contribution in [-0.2, 0) is 14.8 Å². The molecule has 6 nitrogen and oxygen atoms in total. The van der Waals surface area contributed by atoms with Crippen LogP contribution in [0, 0.1) is 6.92 Å². The maximum absolute atomic E-state index is 12.1. The molecule has 2 aromatic rings. The second kappa shape index (κ2) is 9.35. The highest BCUT2D eigenvalue weighted by Gasteiger charge is 2.13. The molecule has 0 aliphatic carbocycles. The normalized spacial score (nSPS) is 11.2. The van der Waals surface area contributed by atoms with E-state index in [9.17, 15) is 13.2 Å². The number of hydrogen-bond acceptors (Lipinski definition) is 4. The molecule has 0 aromatic heterocycles. The fraction of sp³-hybridized carbons (Fsp3) is 0.316. The van der Waals surface area contributed by atoms with Crippen molar-refractivity contribution in [2.75, 3.05) is 18.5 Å².